The first-order chi connectivity index (χ1) is 7.01. The van der Waals surface area contributed by atoms with Crippen LogP contribution in [0.4, 0.5) is 0 Å². The van der Waals surface area contributed by atoms with Gasteiger partial charge in [-0.15, -0.1) is 0 Å². The molecule has 0 spiro atoms. The summed E-state index contributed by atoms with van der Waals surface area (Å²) in [5, 5.41) is 0. The predicted octanol–water partition coefficient (Wildman–Crippen LogP) is 0.463. The van der Waals surface area contributed by atoms with Gasteiger partial charge in [-0.3, -0.25) is 9.59 Å². The van der Waals surface area contributed by atoms with Crippen molar-refractivity contribution in [3.63, 3.8) is 0 Å². The third kappa shape index (κ3) is 6.14. The third-order valence-corrected chi connectivity index (χ3v) is 2.59. The van der Waals surface area contributed by atoms with Crippen LogP contribution in [0.5, 0.6) is 0 Å². The Hall–Kier alpha value is -1.00. The van der Waals surface area contributed by atoms with Gasteiger partial charge >= 0.3 is 20.0 Å². The van der Waals surface area contributed by atoms with Crippen molar-refractivity contribution < 1.29 is 28.5 Å². The van der Waals surface area contributed by atoms with Crippen molar-refractivity contribution in [1.29, 1.82) is 0 Å². The van der Waals surface area contributed by atoms with Gasteiger partial charge in [-0.05, 0) is 11.0 Å². The maximum Gasteiger partial charge on any atom is 0.506 e. The molecule has 0 aromatic rings. The summed E-state index contributed by atoms with van der Waals surface area (Å²) < 4.78 is 19.4. The molecular formula is C8H14O6P+. The second-order valence-electron chi connectivity index (χ2n) is 2.87. The molecule has 86 valence electrons. The van der Waals surface area contributed by atoms with E-state index in [0.29, 0.717) is 0 Å². The standard InChI is InChI=1S/C8H13O6P/c1-13-7(9)4-3-6(5-15(11)12)8(10)14-2/h6H,3-5H2,1-2H3/p+1. The Balaban J connectivity index is 4.18. The quantitative estimate of drug-likeness (QED) is 0.533. The van der Waals surface area contributed by atoms with Crippen LogP contribution in [0.15, 0.2) is 0 Å². The van der Waals surface area contributed by atoms with Crippen LogP contribution in [0.25, 0.3) is 0 Å². The molecule has 6 nitrogen and oxygen atoms in total. The molecule has 0 aromatic carbocycles. The van der Waals surface area contributed by atoms with E-state index >= 15 is 0 Å². The number of hydrogen-bond acceptors (Lipinski definition) is 5. The number of hydrogen-bond donors (Lipinski definition) is 1. The average molecular weight is 237 g/mol. The fourth-order valence-corrected chi connectivity index (χ4v) is 1.74. The molecule has 15 heavy (non-hydrogen) atoms. The van der Waals surface area contributed by atoms with E-state index in [1.54, 1.807) is 0 Å². The van der Waals surface area contributed by atoms with E-state index in [-0.39, 0.29) is 19.0 Å². The minimum atomic E-state index is -2.42. The van der Waals surface area contributed by atoms with Gasteiger partial charge in [0.25, 0.3) is 0 Å². The highest BCUT2D eigenvalue weighted by atomic mass is 31.1. The van der Waals surface area contributed by atoms with E-state index in [1.807, 2.05) is 0 Å². The van der Waals surface area contributed by atoms with Gasteiger partial charge in [-0.1, -0.05) is 0 Å². The van der Waals surface area contributed by atoms with Gasteiger partial charge in [0.2, 0.25) is 0 Å². The largest absolute Gasteiger partial charge is 0.506 e. The number of carbonyl (C=O) groups excluding carboxylic acids is 2. The van der Waals surface area contributed by atoms with Crippen molar-refractivity contribution in [1.82, 2.24) is 0 Å². The van der Waals surface area contributed by atoms with Gasteiger partial charge < -0.3 is 9.47 Å². The van der Waals surface area contributed by atoms with E-state index in [4.69, 9.17) is 4.89 Å². The van der Waals surface area contributed by atoms with Crippen molar-refractivity contribution in [2.45, 2.75) is 12.8 Å². The van der Waals surface area contributed by atoms with E-state index in [1.165, 1.54) is 14.2 Å². The molecule has 7 heteroatoms. The van der Waals surface area contributed by atoms with Crippen molar-refractivity contribution in [2.75, 3.05) is 20.4 Å². The summed E-state index contributed by atoms with van der Waals surface area (Å²) in [6.07, 6.45) is -0.0145. The van der Waals surface area contributed by atoms with E-state index < -0.39 is 25.9 Å². The molecule has 2 unspecified atom stereocenters. The Labute approximate surface area is 88.4 Å². The minimum absolute atomic E-state index is 0.0272. The highest BCUT2D eigenvalue weighted by Gasteiger charge is 2.29. The Bertz CT molecular complexity index is 252. The first kappa shape index (κ1) is 14.0. The lowest BCUT2D eigenvalue weighted by Gasteiger charge is -2.07. The summed E-state index contributed by atoms with van der Waals surface area (Å²) in [7, 11) is 0.0144. The van der Waals surface area contributed by atoms with Crippen LogP contribution in [0.2, 0.25) is 0 Å². The van der Waals surface area contributed by atoms with Crippen LogP contribution < -0.4 is 0 Å². The van der Waals surface area contributed by atoms with Crippen LogP contribution in [0, 0.1) is 5.92 Å². The number of rotatable bonds is 6. The van der Waals surface area contributed by atoms with E-state index in [9.17, 15) is 14.2 Å². The lowest BCUT2D eigenvalue weighted by molar-refractivity contribution is -0.146. The molecule has 0 aliphatic heterocycles. The molecule has 0 amide bonds. The number of carbonyl (C=O) groups is 2. The van der Waals surface area contributed by atoms with Crippen LogP contribution in [-0.2, 0) is 23.6 Å². The summed E-state index contributed by atoms with van der Waals surface area (Å²) >= 11 is 0. The van der Waals surface area contributed by atoms with Crippen molar-refractivity contribution >= 4 is 20.0 Å². The second kappa shape index (κ2) is 7.31. The molecule has 0 radical (unpaired) electrons. The Kier molecular flexibility index (Phi) is 6.83. The monoisotopic (exact) mass is 237 g/mol. The fraction of sp³-hybridized carbons (Fsp3) is 0.750. The zero-order valence-corrected chi connectivity index (χ0v) is 9.53. The zero-order chi connectivity index (χ0) is 11.8. The maximum absolute atomic E-state index is 11.1. The van der Waals surface area contributed by atoms with Gasteiger partial charge in [0, 0.05) is 6.42 Å². The van der Waals surface area contributed by atoms with Crippen LogP contribution in [-0.4, -0.2) is 37.2 Å². The molecule has 2 atom stereocenters. The normalized spacial score (nSPS) is 12.9. The zero-order valence-electron chi connectivity index (χ0n) is 8.63. The molecule has 0 fully saturated rings. The van der Waals surface area contributed by atoms with E-state index in [2.05, 4.69) is 9.47 Å². The third-order valence-electron chi connectivity index (χ3n) is 1.84. The van der Waals surface area contributed by atoms with Gasteiger partial charge in [0.15, 0.2) is 6.16 Å². The van der Waals surface area contributed by atoms with Gasteiger partial charge in [-0.2, -0.15) is 4.89 Å². The Morgan fingerprint density at radius 2 is 1.93 bits per heavy atom. The molecule has 0 saturated carbocycles. The van der Waals surface area contributed by atoms with Crippen molar-refractivity contribution in [3.05, 3.63) is 0 Å². The summed E-state index contributed by atoms with van der Waals surface area (Å²) in [5.41, 5.74) is 0. The molecule has 0 aromatic heterocycles. The van der Waals surface area contributed by atoms with Crippen molar-refractivity contribution in [2.24, 2.45) is 5.92 Å². The SMILES string of the molecule is COC(=O)CCC(C[P+](=O)O)C(=O)OC. The fourth-order valence-electron chi connectivity index (χ4n) is 1.03. The lowest BCUT2D eigenvalue weighted by Crippen LogP contribution is -2.20. The molecule has 0 heterocycles. The summed E-state index contributed by atoms with van der Waals surface area (Å²) in [5.74, 6) is -1.78. The van der Waals surface area contributed by atoms with Gasteiger partial charge in [-0.25, -0.2) is 0 Å². The molecule has 1 N–H and O–H groups in total. The predicted molar refractivity (Wildman–Crippen MR) is 51.4 cm³/mol. The first-order valence-electron chi connectivity index (χ1n) is 4.29. The summed E-state index contributed by atoms with van der Waals surface area (Å²) in [6, 6.07) is 0. The van der Waals surface area contributed by atoms with Gasteiger partial charge in [0.05, 0.1) is 14.2 Å². The van der Waals surface area contributed by atoms with Crippen LogP contribution in [0.1, 0.15) is 12.8 Å². The van der Waals surface area contributed by atoms with Crippen molar-refractivity contribution in [3.8, 4) is 0 Å². The van der Waals surface area contributed by atoms with Crippen LogP contribution in [0.3, 0.4) is 0 Å². The molecule has 0 aliphatic carbocycles. The number of esters is 2. The molecular weight excluding hydrogens is 223 g/mol. The molecule has 0 bridgehead atoms. The number of methoxy groups -OCH3 is 2. The summed E-state index contributed by atoms with van der Waals surface area (Å²) in [4.78, 5) is 30.6. The topological polar surface area (TPSA) is 89.9 Å². The Morgan fingerprint density at radius 3 is 2.33 bits per heavy atom. The molecule has 0 rings (SSSR count). The lowest BCUT2D eigenvalue weighted by atomic mass is 10.1. The maximum atomic E-state index is 11.1. The molecule has 0 saturated heterocycles. The molecule has 0 aliphatic rings. The second-order valence-corrected chi connectivity index (χ2v) is 3.94. The highest BCUT2D eigenvalue weighted by molar-refractivity contribution is 7.38. The minimum Gasteiger partial charge on any atom is -0.469 e. The Morgan fingerprint density at radius 1 is 1.33 bits per heavy atom. The van der Waals surface area contributed by atoms with Gasteiger partial charge in [0.1, 0.15) is 5.92 Å². The highest BCUT2D eigenvalue weighted by Crippen LogP contribution is 2.22. The van der Waals surface area contributed by atoms with Crippen LogP contribution >= 0.6 is 8.03 Å². The van der Waals surface area contributed by atoms with E-state index in [0.717, 1.165) is 0 Å². The summed E-state index contributed by atoms with van der Waals surface area (Å²) in [6.45, 7) is 0. The average Bonchev–Trinajstić information content (AvgIpc) is 2.21. The first-order valence-corrected chi connectivity index (χ1v) is 5.69. The smallest absolute Gasteiger partial charge is 0.469 e. The number of ether oxygens (including phenoxy) is 2.